The first kappa shape index (κ1) is 16.5. The van der Waals surface area contributed by atoms with E-state index < -0.39 is 6.10 Å². The molecule has 22 heavy (non-hydrogen) atoms. The predicted octanol–water partition coefficient (Wildman–Crippen LogP) is 3.15. The fraction of sp³-hybridized carbons (Fsp3) is 0.294. The minimum Gasteiger partial charge on any atom is -0.391 e. The van der Waals surface area contributed by atoms with Crippen LogP contribution in [-0.2, 0) is 0 Å². The first-order valence-corrected chi connectivity index (χ1v) is 7.52. The minimum absolute atomic E-state index is 0.0961. The molecular formula is C17H19ClN2O2. The Hall–Kier alpha value is -1.91. The molecule has 2 rings (SSSR count). The second kappa shape index (κ2) is 7.38. The number of aromatic nitrogens is 1. The molecular weight excluding hydrogens is 300 g/mol. The molecule has 5 heteroatoms. The van der Waals surface area contributed by atoms with E-state index in [0.29, 0.717) is 10.6 Å². The summed E-state index contributed by atoms with van der Waals surface area (Å²) in [5.41, 5.74) is 2.24. The van der Waals surface area contributed by atoms with Crippen molar-refractivity contribution >= 4 is 17.5 Å². The number of hydrogen-bond donors (Lipinski definition) is 2. The molecule has 4 nitrogen and oxygen atoms in total. The van der Waals surface area contributed by atoms with Crippen LogP contribution in [0.3, 0.4) is 0 Å². The number of carbonyl (C=O) groups is 1. The highest BCUT2D eigenvalue weighted by Crippen LogP contribution is 2.21. The Morgan fingerprint density at radius 2 is 1.91 bits per heavy atom. The van der Waals surface area contributed by atoms with Gasteiger partial charge in [-0.1, -0.05) is 37.6 Å². The Balaban J connectivity index is 2.11. The summed E-state index contributed by atoms with van der Waals surface area (Å²) in [6.45, 7) is 4.03. The highest BCUT2D eigenvalue weighted by atomic mass is 35.5. The quantitative estimate of drug-likeness (QED) is 0.890. The van der Waals surface area contributed by atoms with Crippen molar-refractivity contribution in [3.63, 3.8) is 0 Å². The lowest BCUT2D eigenvalue weighted by atomic mass is 10.1. The zero-order chi connectivity index (χ0) is 16.1. The molecule has 0 radical (unpaired) electrons. The third-order valence-corrected chi connectivity index (χ3v) is 3.67. The van der Waals surface area contributed by atoms with Crippen LogP contribution in [0.5, 0.6) is 0 Å². The number of rotatable bonds is 5. The van der Waals surface area contributed by atoms with Crippen molar-refractivity contribution in [1.29, 1.82) is 0 Å². The molecule has 0 saturated carbocycles. The summed E-state index contributed by atoms with van der Waals surface area (Å²) < 4.78 is 0. The van der Waals surface area contributed by atoms with Crippen molar-refractivity contribution in [2.24, 2.45) is 5.92 Å². The van der Waals surface area contributed by atoms with Crippen molar-refractivity contribution in [1.82, 2.24) is 10.3 Å². The molecule has 0 bridgehead atoms. The molecule has 0 aliphatic carbocycles. The molecule has 0 saturated heterocycles. The summed E-state index contributed by atoms with van der Waals surface area (Å²) >= 11 is 5.87. The van der Waals surface area contributed by atoms with E-state index in [1.54, 1.807) is 24.4 Å². The zero-order valence-corrected chi connectivity index (χ0v) is 13.3. The van der Waals surface area contributed by atoms with Gasteiger partial charge < -0.3 is 10.4 Å². The number of nitrogens with zero attached hydrogens (tertiary/aromatic N) is 1. The van der Waals surface area contributed by atoms with Gasteiger partial charge in [0.2, 0.25) is 0 Å². The van der Waals surface area contributed by atoms with Gasteiger partial charge in [0.15, 0.2) is 0 Å². The summed E-state index contributed by atoms with van der Waals surface area (Å²) in [5.74, 6) is -0.151. The lowest BCUT2D eigenvalue weighted by molar-refractivity contribution is 0.0871. The van der Waals surface area contributed by atoms with E-state index in [2.05, 4.69) is 10.3 Å². The van der Waals surface area contributed by atoms with Gasteiger partial charge in [-0.15, -0.1) is 0 Å². The maximum absolute atomic E-state index is 12.1. The molecule has 0 aliphatic heterocycles. The molecule has 116 valence electrons. The van der Waals surface area contributed by atoms with Gasteiger partial charge in [0, 0.05) is 29.5 Å². The van der Waals surface area contributed by atoms with Crippen molar-refractivity contribution in [2.45, 2.75) is 20.0 Å². The molecule has 2 N–H and O–H groups in total. The van der Waals surface area contributed by atoms with E-state index in [0.717, 1.165) is 11.1 Å². The van der Waals surface area contributed by atoms with Crippen LogP contribution < -0.4 is 5.32 Å². The number of halogens is 1. The molecule has 0 fully saturated rings. The highest BCUT2D eigenvalue weighted by Gasteiger charge is 2.12. The van der Waals surface area contributed by atoms with E-state index in [1.165, 1.54) is 6.20 Å². The van der Waals surface area contributed by atoms with E-state index in [1.807, 2.05) is 26.0 Å². The Bertz CT molecular complexity index is 641. The number of nitrogens with one attached hydrogen (secondary N) is 1. The van der Waals surface area contributed by atoms with Crippen LogP contribution in [0.15, 0.2) is 42.7 Å². The third-order valence-electron chi connectivity index (χ3n) is 3.42. The van der Waals surface area contributed by atoms with Crippen molar-refractivity contribution in [3.05, 3.63) is 53.3 Å². The van der Waals surface area contributed by atoms with Gasteiger partial charge in [0.25, 0.3) is 5.91 Å². The second-order valence-corrected chi connectivity index (χ2v) is 5.93. The normalized spacial score (nSPS) is 12.2. The van der Waals surface area contributed by atoms with Gasteiger partial charge in [0.1, 0.15) is 0 Å². The Kier molecular flexibility index (Phi) is 5.52. The third kappa shape index (κ3) is 4.29. The first-order chi connectivity index (χ1) is 10.5. The van der Waals surface area contributed by atoms with Gasteiger partial charge in [-0.2, -0.15) is 0 Å². The van der Waals surface area contributed by atoms with Crippen molar-refractivity contribution < 1.29 is 9.90 Å². The molecule has 1 aromatic heterocycles. The number of benzene rings is 1. The minimum atomic E-state index is -0.559. The van der Waals surface area contributed by atoms with E-state index in [4.69, 9.17) is 11.6 Å². The van der Waals surface area contributed by atoms with Gasteiger partial charge in [-0.25, -0.2) is 0 Å². The fourth-order valence-corrected chi connectivity index (χ4v) is 2.03. The number of aliphatic hydroxyl groups excluding tert-OH is 1. The summed E-state index contributed by atoms with van der Waals surface area (Å²) in [5, 5.41) is 13.1. The van der Waals surface area contributed by atoms with Gasteiger partial charge >= 0.3 is 0 Å². The van der Waals surface area contributed by atoms with E-state index >= 15 is 0 Å². The lowest BCUT2D eigenvalue weighted by Gasteiger charge is -2.15. The number of hydrogen-bond acceptors (Lipinski definition) is 3. The monoisotopic (exact) mass is 318 g/mol. The average molecular weight is 319 g/mol. The molecule has 1 amide bonds. The second-order valence-electron chi connectivity index (χ2n) is 5.49. The van der Waals surface area contributed by atoms with Crippen LogP contribution in [0.1, 0.15) is 24.2 Å². The average Bonchev–Trinajstić information content (AvgIpc) is 2.53. The van der Waals surface area contributed by atoms with E-state index in [9.17, 15) is 9.90 Å². The molecule has 0 aliphatic rings. The van der Waals surface area contributed by atoms with E-state index in [-0.39, 0.29) is 18.4 Å². The lowest BCUT2D eigenvalue weighted by Crippen LogP contribution is -2.34. The predicted molar refractivity (Wildman–Crippen MR) is 87.9 cm³/mol. The van der Waals surface area contributed by atoms with Crippen molar-refractivity contribution in [2.75, 3.05) is 6.54 Å². The van der Waals surface area contributed by atoms with Gasteiger partial charge in [-0.3, -0.25) is 9.78 Å². The maximum Gasteiger partial charge on any atom is 0.252 e. The largest absolute Gasteiger partial charge is 0.391 e. The number of amides is 1. The summed E-state index contributed by atoms with van der Waals surface area (Å²) in [6.07, 6.45) is 2.65. The van der Waals surface area contributed by atoms with Crippen molar-refractivity contribution in [3.8, 4) is 11.1 Å². The summed E-state index contributed by atoms with van der Waals surface area (Å²) in [7, 11) is 0. The Morgan fingerprint density at radius 3 is 2.55 bits per heavy atom. The van der Waals surface area contributed by atoms with Crippen LogP contribution in [0.25, 0.3) is 11.1 Å². The topological polar surface area (TPSA) is 62.2 Å². The highest BCUT2D eigenvalue weighted by molar-refractivity contribution is 6.30. The van der Waals surface area contributed by atoms with Crippen LogP contribution in [-0.4, -0.2) is 28.6 Å². The zero-order valence-electron chi connectivity index (χ0n) is 12.6. The molecule has 1 aromatic carbocycles. The van der Waals surface area contributed by atoms with Crippen LogP contribution in [0, 0.1) is 5.92 Å². The molecule has 1 heterocycles. The first-order valence-electron chi connectivity index (χ1n) is 7.14. The summed E-state index contributed by atoms with van der Waals surface area (Å²) in [4.78, 5) is 16.2. The molecule has 0 spiro atoms. The number of carbonyl (C=O) groups excluding carboxylic acids is 1. The standard InChI is InChI=1S/C17H19ClN2O2/c1-11(2)16(21)10-20-17(22)14-7-13(8-19-9-14)12-3-5-15(18)6-4-12/h3-9,11,16,21H,10H2,1-2H3,(H,20,22). The number of pyridine rings is 1. The maximum atomic E-state index is 12.1. The van der Waals surface area contributed by atoms with Gasteiger partial charge in [0.05, 0.1) is 11.7 Å². The van der Waals surface area contributed by atoms with Crippen LogP contribution in [0.4, 0.5) is 0 Å². The molecule has 2 aromatic rings. The fourth-order valence-electron chi connectivity index (χ4n) is 1.90. The number of aliphatic hydroxyl groups is 1. The smallest absolute Gasteiger partial charge is 0.252 e. The molecule has 1 atom stereocenters. The molecule has 1 unspecified atom stereocenters. The Morgan fingerprint density at radius 1 is 1.23 bits per heavy atom. The van der Waals surface area contributed by atoms with Crippen LogP contribution >= 0.6 is 11.6 Å². The van der Waals surface area contributed by atoms with Crippen LogP contribution in [0.2, 0.25) is 5.02 Å². The Labute approximate surface area is 135 Å². The summed E-state index contributed by atoms with van der Waals surface area (Å²) in [6, 6.07) is 9.12. The SMILES string of the molecule is CC(C)C(O)CNC(=O)c1cncc(-c2ccc(Cl)cc2)c1. The van der Waals surface area contributed by atoms with Gasteiger partial charge in [-0.05, 0) is 29.7 Å².